The Morgan fingerprint density at radius 1 is 0.236 bits per heavy atom. The van der Waals surface area contributed by atoms with E-state index in [1.807, 2.05) is 6.07 Å². The van der Waals surface area contributed by atoms with Crippen molar-refractivity contribution in [2.45, 2.75) is 131 Å². The minimum absolute atomic E-state index is 0.000425. The highest BCUT2D eigenvalue weighted by molar-refractivity contribution is 7.00. The van der Waals surface area contributed by atoms with Gasteiger partial charge in [0.15, 0.2) is 0 Å². The number of fused-ring (bicyclic) bond motifs is 16. The minimum Gasteiger partial charge on any atom is -0.310 e. The highest BCUT2D eigenvalue weighted by atomic mass is 15.2. The molecular formula is C116H101BN6. The van der Waals surface area contributed by atoms with Crippen molar-refractivity contribution >= 4 is 144 Å². The van der Waals surface area contributed by atoms with Gasteiger partial charge in [-0.1, -0.05) is 310 Å². The Kier molecular flexibility index (Phi) is 15.0. The third-order valence-corrected chi connectivity index (χ3v) is 26.3. The monoisotopic (exact) mass is 1600 g/mol. The van der Waals surface area contributed by atoms with Crippen molar-refractivity contribution in [2.24, 2.45) is 0 Å². The third kappa shape index (κ3) is 12.0. The van der Waals surface area contributed by atoms with Gasteiger partial charge in [0.1, 0.15) is 0 Å². The van der Waals surface area contributed by atoms with E-state index in [0.29, 0.717) is 5.69 Å². The summed E-state index contributed by atoms with van der Waals surface area (Å²) in [6.45, 7) is 33.8. The molecule has 6 nitrogen and oxygen atoms in total. The van der Waals surface area contributed by atoms with Crippen molar-refractivity contribution in [1.29, 1.82) is 0 Å². The van der Waals surface area contributed by atoms with Gasteiger partial charge >= 0.3 is 0 Å². The molecule has 6 heterocycles. The molecule has 0 saturated heterocycles. The van der Waals surface area contributed by atoms with Crippen LogP contribution in [0.15, 0.2) is 340 Å². The maximum Gasteiger partial charge on any atom is 0.252 e. The minimum atomic E-state index is -0.606. The van der Waals surface area contributed by atoms with Gasteiger partial charge in [0.2, 0.25) is 0 Å². The number of hydrogen-bond acceptors (Lipinski definition) is 2. The van der Waals surface area contributed by atoms with E-state index in [9.17, 15) is 11.0 Å². The standard InChI is InChI=1S/C116H101BN6/c1-112(2,3)75-48-57-99-90(62-75)91-63-76(113(4,5)6)49-58-100(91)120(99)82-53-56-95-105(69-82)123(111-84(72-34-20-16-21-35-72)54-61-103-108(111)87-44-30-33-47-98(87)118(103)80-40-26-19-27-41-80)107-71-83(121-101-59-50-77(114(7,8)9)64-92(101)93-65-78(115(10,11)12)51-60-102(93)121)70-106-109(107)117(95)94-55-52-81(119-96-45-31-28-42-85(96)86-43-29-32-46-97(86)119)68-104(94)122(106)110-88(73-36-22-17-23-37-73)66-79(116(13,14)15)67-89(110)74-38-24-18-25-39-74/h16-71H,1-15H3/i28D,29D,31D,32D,42D,43D,45D,46D. The van der Waals surface area contributed by atoms with Crippen molar-refractivity contribution in [3.63, 3.8) is 0 Å². The summed E-state index contributed by atoms with van der Waals surface area (Å²) in [6.07, 6.45) is 0. The lowest BCUT2D eigenvalue weighted by Crippen LogP contribution is -2.61. The van der Waals surface area contributed by atoms with Crippen LogP contribution in [-0.2, 0) is 27.1 Å². The van der Waals surface area contributed by atoms with Crippen molar-refractivity contribution in [2.75, 3.05) is 9.80 Å². The Balaban J connectivity index is 0.985. The Bertz CT molecular complexity index is 7990. The SMILES string of the molecule is [2H]c1c([2H])c([2H])c2c(c1[2H])c1c([2H])c([2H])c([2H])c([2H])c1n2-c1ccc2c(c1)N(c1c(-c3ccccc3)cc(C(C)(C)C)cc1-c1ccccc1)c1cc(-n3c4ccc(C(C)(C)C)cc4c4cc(C(C)(C)C)ccc43)cc3c1B2c1ccc(-n2c4ccc(C(C)(C)C)cc4c4cc(C(C)(C)C)ccc42)cc1N3c1c(-c2ccccc2)ccc2c1c1ccccc1n2-c1ccccc1. The van der Waals surface area contributed by atoms with E-state index < -0.39 is 43.0 Å². The van der Waals surface area contributed by atoms with Crippen LogP contribution in [-0.4, -0.2) is 25.0 Å². The topological polar surface area (TPSA) is 26.2 Å². The summed E-state index contributed by atoms with van der Waals surface area (Å²) in [7, 11) is 0. The lowest BCUT2D eigenvalue weighted by atomic mass is 9.33. The summed E-state index contributed by atoms with van der Waals surface area (Å²) in [4.78, 5) is 5.16. The molecule has 0 radical (unpaired) electrons. The van der Waals surface area contributed by atoms with Gasteiger partial charge < -0.3 is 28.1 Å². The van der Waals surface area contributed by atoms with Crippen LogP contribution in [0.4, 0.5) is 34.1 Å². The molecule has 0 bridgehead atoms. The second-order valence-electron chi connectivity index (χ2n) is 39.2. The van der Waals surface area contributed by atoms with Gasteiger partial charge in [0.25, 0.3) is 6.71 Å². The fourth-order valence-corrected chi connectivity index (χ4v) is 20.0. The first-order valence-corrected chi connectivity index (χ1v) is 43.3. The van der Waals surface area contributed by atoms with Crippen molar-refractivity contribution in [3.8, 4) is 56.1 Å². The smallest absolute Gasteiger partial charge is 0.252 e. The summed E-state index contributed by atoms with van der Waals surface area (Å²) in [5.41, 5.74) is 28.6. The largest absolute Gasteiger partial charge is 0.310 e. The number of rotatable bonds is 9. The molecular weight excluding hydrogens is 1490 g/mol. The number of nitrogens with zero attached hydrogens (tertiary/aromatic N) is 6. The first-order valence-electron chi connectivity index (χ1n) is 47.3. The molecule has 0 atom stereocenters. The van der Waals surface area contributed by atoms with E-state index in [1.54, 1.807) is 4.57 Å². The van der Waals surface area contributed by atoms with Gasteiger partial charge in [-0.2, -0.15) is 0 Å². The molecule has 0 aliphatic carbocycles. The van der Waals surface area contributed by atoms with Gasteiger partial charge in [0.05, 0.1) is 72.2 Å². The van der Waals surface area contributed by atoms with Crippen LogP contribution in [0.1, 0.15) is 143 Å². The average molecular weight is 1600 g/mol. The van der Waals surface area contributed by atoms with Crippen LogP contribution in [0.3, 0.4) is 0 Å². The van der Waals surface area contributed by atoms with Crippen LogP contribution in [0, 0.1) is 0 Å². The molecule has 0 saturated carbocycles. The molecule has 0 amide bonds. The first-order chi connectivity index (χ1) is 62.5. The molecule has 4 aromatic heterocycles. The van der Waals surface area contributed by atoms with E-state index in [-0.39, 0.29) is 61.0 Å². The number of anilines is 6. The predicted octanol–water partition coefficient (Wildman–Crippen LogP) is 29.6. The third-order valence-electron chi connectivity index (χ3n) is 26.3. The van der Waals surface area contributed by atoms with Crippen LogP contribution in [0.5, 0.6) is 0 Å². The second kappa shape index (κ2) is 27.4. The van der Waals surface area contributed by atoms with E-state index in [2.05, 4.69) is 412 Å². The molecule has 0 N–H and O–H groups in total. The Labute approximate surface area is 733 Å². The molecule has 0 fully saturated rings. The van der Waals surface area contributed by atoms with Crippen LogP contribution in [0.2, 0.25) is 0 Å². The zero-order chi connectivity index (χ0) is 91.2. The lowest BCUT2D eigenvalue weighted by Gasteiger charge is -2.46. The highest BCUT2D eigenvalue weighted by Gasteiger charge is 2.47. The fourth-order valence-electron chi connectivity index (χ4n) is 20.0. The first kappa shape index (κ1) is 67.1. The zero-order valence-electron chi connectivity index (χ0n) is 80.5. The van der Waals surface area contributed by atoms with E-state index in [4.69, 9.17) is 0 Å². The molecule has 2 aliphatic rings. The van der Waals surface area contributed by atoms with Crippen molar-refractivity contribution in [1.82, 2.24) is 18.3 Å². The van der Waals surface area contributed by atoms with Crippen molar-refractivity contribution in [3.05, 3.63) is 367 Å². The summed E-state index contributed by atoms with van der Waals surface area (Å²) in [6, 6.07) is 105. The number of para-hydroxylation sites is 4. The van der Waals surface area contributed by atoms with Crippen LogP contribution >= 0.6 is 0 Å². The normalized spacial score (nSPS) is 14.2. The molecule has 20 aromatic rings. The molecule has 0 spiro atoms. The summed E-state index contributed by atoms with van der Waals surface area (Å²) in [5.74, 6) is 0. The van der Waals surface area contributed by atoms with Crippen LogP contribution < -0.4 is 26.2 Å². The van der Waals surface area contributed by atoms with Crippen LogP contribution in [0.25, 0.3) is 143 Å². The Morgan fingerprint density at radius 2 is 0.577 bits per heavy atom. The average Bonchev–Trinajstić information content (AvgIpc) is 1.31. The molecule has 7 heteroatoms. The Hall–Kier alpha value is -13.6. The number of hydrogen-bond donors (Lipinski definition) is 0. The Morgan fingerprint density at radius 3 is 1.01 bits per heavy atom. The van der Waals surface area contributed by atoms with E-state index in [1.165, 1.54) is 33.0 Å². The highest BCUT2D eigenvalue weighted by Crippen LogP contribution is 2.57. The fraction of sp³-hybridized carbons (Fsp3) is 0.172. The molecule has 598 valence electrons. The second-order valence-corrected chi connectivity index (χ2v) is 39.2. The molecule has 2 aliphatic heterocycles. The van der Waals surface area contributed by atoms with E-state index >= 15 is 0 Å². The maximum absolute atomic E-state index is 10.1. The zero-order valence-corrected chi connectivity index (χ0v) is 72.5. The quantitative estimate of drug-likeness (QED) is 0.135. The van der Waals surface area contributed by atoms with Gasteiger partial charge in [-0.05, 0) is 221 Å². The van der Waals surface area contributed by atoms with Gasteiger partial charge in [-0.3, -0.25) is 0 Å². The van der Waals surface area contributed by atoms with Crippen molar-refractivity contribution < 1.29 is 11.0 Å². The van der Waals surface area contributed by atoms with Gasteiger partial charge in [-0.25, -0.2) is 0 Å². The summed E-state index contributed by atoms with van der Waals surface area (Å²) >= 11 is 0. The molecule has 123 heavy (non-hydrogen) atoms. The van der Waals surface area contributed by atoms with Gasteiger partial charge in [-0.15, -0.1) is 0 Å². The molecule has 22 rings (SSSR count). The molecule has 16 aromatic carbocycles. The summed E-state index contributed by atoms with van der Waals surface area (Å²) < 4.78 is 86.6. The molecule has 0 unspecified atom stereocenters. The summed E-state index contributed by atoms with van der Waals surface area (Å²) in [5, 5.41) is 6.70. The predicted molar refractivity (Wildman–Crippen MR) is 528 cm³/mol. The lowest BCUT2D eigenvalue weighted by molar-refractivity contribution is 0.590. The maximum atomic E-state index is 10.1. The number of benzene rings is 16. The van der Waals surface area contributed by atoms with E-state index in [0.717, 1.165) is 161 Å². The van der Waals surface area contributed by atoms with Gasteiger partial charge in [0, 0.05) is 99.6 Å². The number of aromatic nitrogens is 4.